The minimum absolute atomic E-state index is 0.0157. The molecule has 0 radical (unpaired) electrons. The lowest BCUT2D eigenvalue weighted by Crippen LogP contribution is -2.36. The summed E-state index contributed by atoms with van der Waals surface area (Å²) in [5.41, 5.74) is 5.31. The Morgan fingerprint density at radius 1 is 0.907 bits per heavy atom. The van der Waals surface area contributed by atoms with E-state index in [-0.39, 0.29) is 24.2 Å². The first-order chi connectivity index (χ1) is 20.8. The maximum absolute atomic E-state index is 14.1. The van der Waals surface area contributed by atoms with Crippen molar-refractivity contribution in [3.05, 3.63) is 112 Å². The zero-order valence-corrected chi connectivity index (χ0v) is 25.4. The van der Waals surface area contributed by atoms with Gasteiger partial charge in [0.05, 0.1) is 32.3 Å². The van der Waals surface area contributed by atoms with Crippen LogP contribution in [0, 0.1) is 5.92 Å². The summed E-state index contributed by atoms with van der Waals surface area (Å²) in [5, 5.41) is 3.44. The summed E-state index contributed by atoms with van der Waals surface area (Å²) >= 11 is 0. The van der Waals surface area contributed by atoms with Crippen LogP contribution in [0.1, 0.15) is 62.1 Å². The molecule has 43 heavy (non-hydrogen) atoms. The normalized spacial score (nSPS) is 18.2. The predicted octanol–water partition coefficient (Wildman–Crippen LogP) is 6.84. The number of carbonyl (C=O) groups is 2. The van der Waals surface area contributed by atoms with Gasteiger partial charge in [0.25, 0.3) is 0 Å². The summed E-state index contributed by atoms with van der Waals surface area (Å²) in [6, 6.07) is 23.4. The first-order valence-corrected chi connectivity index (χ1v) is 14.7. The Hall–Kier alpha value is -4.52. The number of dihydropyridines is 1. The van der Waals surface area contributed by atoms with Crippen LogP contribution in [0.2, 0.25) is 0 Å². The molecule has 0 saturated heterocycles. The fourth-order valence-corrected chi connectivity index (χ4v) is 5.87. The van der Waals surface area contributed by atoms with Crippen molar-refractivity contribution in [2.75, 3.05) is 20.8 Å². The predicted molar refractivity (Wildman–Crippen MR) is 165 cm³/mol. The van der Waals surface area contributed by atoms with E-state index in [1.54, 1.807) is 14.2 Å². The molecule has 0 aromatic heterocycles. The monoisotopic (exact) mass is 581 g/mol. The standard InChI is InChI=1S/C36H39NO6/c1-22(2)20-43-36(39)33-23(3)37-28-17-26(25-15-16-31(40-4)32(19-25)41-5)18-29(38)35(28)34(33)27-13-9-10-14-30(27)42-21-24-11-7-6-8-12-24/h6-16,19,22,26,34,37H,17-18,20-21H2,1-5H3/t26-,34+/m0/s1. The molecule has 1 aliphatic carbocycles. The summed E-state index contributed by atoms with van der Waals surface area (Å²) in [4.78, 5) is 27.8. The highest BCUT2D eigenvalue weighted by molar-refractivity contribution is 6.04. The van der Waals surface area contributed by atoms with Crippen molar-refractivity contribution in [3.8, 4) is 17.2 Å². The van der Waals surface area contributed by atoms with E-state index < -0.39 is 11.9 Å². The number of hydrogen-bond donors (Lipinski definition) is 1. The lowest BCUT2D eigenvalue weighted by atomic mass is 9.71. The van der Waals surface area contributed by atoms with Crippen LogP contribution in [0.5, 0.6) is 17.2 Å². The molecular formula is C36H39NO6. The fourth-order valence-electron chi connectivity index (χ4n) is 5.87. The Kier molecular flexibility index (Phi) is 9.19. The second-order valence-corrected chi connectivity index (χ2v) is 11.4. The molecule has 0 saturated carbocycles. The maximum Gasteiger partial charge on any atom is 0.336 e. The van der Waals surface area contributed by atoms with E-state index >= 15 is 0 Å². The van der Waals surface area contributed by atoms with Crippen molar-refractivity contribution in [2.24, 2.45) is 5.92 Å². The molecule has 0 spiro atoms. The van der Waals surface area contributed by atoms with Gasteiger partial charge in [-0.05, 0) is 54.5 Å². The molecule has 2 atom stereocenters. The van der Waals surface area contributed by atoms with E-state index in [0.29, 0.717) is 53.5 Å². The summed E-state index contributed by atoms with van der Waals surface area (Å²) in [6.07, 6.45) is 0.901. The average Bonchev–Trinajstić information content (AvgIpc) is 3.02. The minimum atomic E-state index is -0.623. The lowest BCUT2D eigenvalue weighted by molar-refractivity contribution is -0.140. The number of esters is 1. The van der Waals surface area contributed by atoms with Gasteiger partial charge in [-0.1, -0.05) is 68.4 Å². The van der Waals surface area contributed by atoms with Crippen LogP contribution >= 0.6 is 0 Å². The first kappa shape index (κ1) is 30.0. The number of methoxy groups -OCH3 is 2. The van der Waals surface area contributed by atoms with Crippen LogP contribution in [0.25, 0.3) is 0 Å². The zero-order valence-electron chi connectivity index (χ0n) is 25.4. The van der Waals surface area contributed by atoms with Gasteiger partial charge < -0.3 is 24.3 Å². The van der Waals surface area contributed by atoms with Crippen LogP contribution in [0.15, 0.2) is 95.3 Å². The molecule has 3 aromatic rings. The fraction of sp³-hybridized carbons (Fsp3) is 0.333. The summed E-state index contributed by atoms with van der Waals surface area (Å²) in [6.45, 7) is 6.52. The number of ketones is 1. The smallest absolute Gasteiger partial charge is 0.336 e. The molecule has 7 nitrogen and oxygen atoms in total. The highest BCUT2D eigenvalue weighted by Crippen LogP contribution is 2.48. The maximum atomic E-state index is 14.1. The van der Waals surface area contributed by atoms with Gasteiger partial charge in [0.1, 0.15) is 12.4 Å². The topological polar surface area (TPSA) is 83.1 Å². The second kappa shape index (κ2) is 13.2. The first-order valence-electron chi connectivity index (χ1n) is 14.7. The Labute approximate surface area is 253 Å². The van der Waals surface area contributed by atoms with Gasteiger partial charge >= 0.3 is 5.97 Å². The van der Waals surface area contributed by atoms with Crippen molar-refractivity contribution in [1.29, 1.82) is 0 Å². The van der Waals surface area contributed by atoms with Gasteiger partial charge in [0, 0.05) is 29.0 Å². The Bertz CT molecular complexity index is 1550. The van der Waals surface area contributed by atoms with Crippen molar-refractivity contribution in [1.82, 2.24) is 5.32 Å². The summed E-state index contributed by atoms with van der Waals surface area (Å²) in [7, 11) is 3.21. The summed E-state index contributed by atoms with van der Waals surface area (Å²) in [5.74, 6) is 0.933. The molecule has 1 aliphatic heterocycles. The third-order valence-electron chi connectivity index (χ3n) is 7.94. The molecule has 5 rings (SSSR count). The average molecular weight is 582 g/mol. The van der Waals surface area contributed by atoms with E-state index in [1.165, 1.54) is 0 Å². The number of Topliss-reactive ketones (excluding diaryl/α,β-unsaturated/α-hetero) is 1. The highest BCUT2D eigenvalue weighted by atomic mass is 16.5. The quantitative estimate of drug-likeness (QED) is 0.262. The van der Waals surface area contributed by atoms with E-state index in [2.05, 4.69) is 5.32 Å². The largest absolute Gasteiger partial charge is 0.493 e. The van der Waals surface area contributed by atoms with Crippen molar-refractivity contribution < 1.29 is 28.5 Å². The lowest BCUT2D eigenvalue weighted by Gasteiger charge is -2.37. The van der Waals surface area contributed by atoms with Crippen LogP contribution in [-0.4, -0.2) is 32.6 Å². The van der Waals surface area contributed by atoms with Gasteiger partial charge in [0.2, 0.25) is 0 Å². The van der Waals surface area contributed by atoms with E-state index in [9.17, 15) is 9.59 Å². The SMILES string of the molecule is COc1ccc([C@@H]2CC(=O)C3=C(C2)NC(C)=C(C(=O)OCC(C)C)[C@H]3c2ccccc2OCc2ccccc2)cc1OC. The number of carbonyl (C=O) groups excluding carboxylic acids is 2. The van der Waals surface area contributed by atoms with Crippen LogP contribution < -0.4 is 19.5 Å². The molecule has 7 heteroatoms. The number of hydrogen-bond acceptors (Lipinski definition) is 7. The molecule has 224 valence electrons. The van der Waals surface area contributed by atoms with E-state index in [4.69, 9.17) is 18.9 Å². The van der Waals surface area contributed by atoms with Crippen molar-refractivity contribution in [2.45, 2.75) is 52.1 Å². The third-order valence-corrected chi connectivity index (χ3v) is 7.94. The number of benzene rings is 3. The van der Waals surface area contributed by atoms with Crippen LogP contribution in [0.4, 0.5) is 0 Å². The molecule has 2 aliphatic rings. The van der Waals surface area contributed by atoms with Crippen LogP contribution in [-0.2, 0) is 20.9 Å². The highest BCUT2D eigenvalue weighted by Gasteiger charge is 2.42. The number of allylic oxidation sites excluding steroid dienone is 3. The third kappa shape index (κ3) is 6.46. The molecule has 0 unspecified atom stereocenters. The van der Waals surface area contributed by atoms with Gasteiger partial charge in [0.15, 0.2) is 17.3 Å². The van der Waals surface area contributed by atoms with E-state index in [1.807, 2.05) is 93.6 Å². The molecule has 3 aromatic carbocycles. The van der Waals surface area contributed by atoms with Crippen LogP contribution in [0.3, 0.4) is 0 Å². The summed E-state index contributed by atoms with van der Waals surface area (Å²) < 4.78 is 23.0. The molecule has 1 N–H and O–H groups in total. The van der Waals surface area contributed by atoms with E-state index in [0.717, 1.165) is 22.4 Å². The molecule has 0 amide bonds. The second-order valence-electron chi connectivity index (χ2n) is 11.4. The number of para-hydroxylation sites is 1. The van der Waals surface area contributed by atoms with Crippen molar-refractivity contribution in [3.63, 3.8) is 0 Å². The molecule has 0 fully saturated rings. The Morgan fingerprint density at radius 3 is 2.35 bits per heavy atom. The van der Waals surface area contributed by atoms with Crippen molar-refractivity contribution >= 4 is 11.8 Å². The van der Waals surface area contributed by atoms with Gasteiger partial charge in [-0.25, -0.2) is 4.79 Å². The Morgan fingerprint density at radius 2 is 1.63 bits per heavy atom. The molecule has 0 bridgehead atoms. The number of nitrogens with one attached hydrogen (secondary N) is 1. The van der Waals surface area contributed by atoms with Gasteiger partial charge in [-0.3, -0.25) is 4.79 Å². The number of rotatable bonds is 10. The van der Waals surface area contributed by atoms with Gasteiger partial charge in [-0.2, -0.15) is 0 Å². The molecular weight excluding hydrogens is 542 g/mol. The molecule has 1 heterocycles. The Balaban J connectivity index is 1.55. The minimum Gasteiger partial charge on any atom is -0.493 e. The van der Waals surface area contributed by atoms with Gasteiger partial charge in [-0.15, -0.1) is 0 Å². The number of ether oxygens (including phenoxy) is 4. The zero-order chi connectivity index (χ0) is 30.5.